The Labute approximate surface area is 277 Å². The second-order valence-corrected chi connectivity index (χ2v) is 13.9. The Morgan fingerprint density at radius 3 is 1.65 bits per heavy atom. The zero-order valence-electron chi connectivity index (χ0n) is 28.1. The number of rotatable bonds is 14. The van der Waals surface area contributed by atoms with Gasteiger partial charge in [-0.05, 0) is 116 Å². The molecule has 3 aromatic carbocycles. The minimum absolute atomic E-state index is 0.0443. The SMILES string of the molecule is CCCCCC1CCC(c2ccc(C(=O)OC(COC(=O)c3ccc(C4CCC(CCC)CC4)cc3)c3ccccc3)cc2)CC1. The third-order valence-electron chi connectivity index (χ3n) is 10.6. The van der Waals surface area contributed by atoms with Crippen LogP contribution >= 0.6 is 0 Å². The van der Waals surface area contributed by atoms with Gasteiger partial charge < -0.3 is 9.47 Å². The highest BCUT2D eigenvalue weighted by Gasteiger charge is 2.25. The largest absolute Gasteiger partial charge is 0.458 e. The first-order valence-electron chi connectivity index (χ1n) is 18.2. The third-order valence-corrected chi connectivity index (χ3v) is 10.6. The van der Waals surface area contributed by atoms with E-state index in [1.807, 2.05) is 54.6 Å². The molecule has 2 saturated carbocycles. The summed E-state index contributed by atoms with van der Waals surface area (Å²) in [6.45, 7) is 4.50. The van der Waals surface area contributed by atoms with E-state index in [9.17, 15) is 9.59 Å². The molecule has 3 aromatic rings. The molecule has 1 unspecified atom stereocenters. The number of hydrogen-bond acceptors (Lipinski definition) is 4. The molecule has 0 saturated heterocycles. The van der Waals surface area contributed by atoms with Crippen LogP contribution in [0.3, 0.4) is 0 Å². The Bertz CT molecular complexity index is 1330. The first-order chi connectivity index (χ1) is 22.5. The maximum absolute atomic E-state index is 13.3. The lowest BCUT2D eigenvalue weighted by Crippen LogP contribution is -2.19. The van der Waals surface area contributed by atoms with Gasteiger partial charge in [-0.2, -0.15) is 0 Å². The van der Waals surface area contributed by atoms with Crippen molar-refractivity contribution >= 4 is 11.9 Å². The van der Waals surface area contributed by atoms with Crippen LogP contribution in [0.2, 0.25) is 0 Å². The molecule has 4 heteroatoms. The van der Waals surface area contributed by atoms with E-state index in [1.165, 1.54) is 101 Å². The molecule has 0 amide bonds. The normalized spacial score (nSPS) is 22.1. The van der Waals surface area contributed by atoms with Gasteiger partial charge in [0.1, 0.15) is 6.61 Å². The summed E-state index contributed by atoms with van der Waals surface area (Å²) < 4.78 is 11.7. The first kappa shape index (κ1) is 33.9. The second kappa shape index (κ2) is 17.5. The summed E-state index contributed by atoms with van der Waals surface area (Å²) in [7, 11) is 0. The van der Waals surface area contributed by atoms with Gasteiger partial charge in [-0.1, -0.05) is 107 Å². The fraction of sp³-hybridized carbons (Fsp3) is 0.524. The second-order valence-electron chi connectivity index (χ2n) is 13.9. The van der Waals surface area contributed by atoms with Gasteiger partial charge in [0.25, 0.3) is 0 Å². The van der Waals surface area contributed by atoms with Crippen LogP contribution in [-0.4, -0.2) is 18.5 Å². The molecule has 246 valence electrons. The van der Waals surface area contributed by atoms with Crippen molar-refractivity contribution in [3.05, 3.63) is 107 Å². The van der Waals surface area contributed by atoms with E-state index in [4.69, 9.17) is 9.47 Å². The molecule has 46 heavy (non-hydrogen) atoms. The highest BCUT2D eigenvalue weighted by molar-refractivity contribution is 5.90. The number of esters is 2. The predicted octanol–water partition coefficient (Wildman–Crippen LogP) is 11.4. The van der Waals surface area contributed by atoms with Crippen molar-refractivity contribution < 1.29 is 19.1 Å². The topological polar surface area (TPSA) is 52.6 Å². The van der Waals surface area contributed by atoms with Crippen molar-refractivity contribution in [2.24, 2.45) is 11.8 Å². The van der Waals surface area contributed by atoms with Crippen LogP contribution in [0.25, 0.3) is 0 Å². The summed E-state index contributed by atoms with van der Waals surface area (Å²) in [6.07, 6.45) is 17.4. The molecule has 2 aliphatic carbocycles. The average molecular weight is 623 g/mol. The van der Waals surface area contributed by atoms with Crippen molar-refractivity contribution in [2.45, 2.75) is 122 Å². The van der Waals surface area contributed by atoms with Crippen molar-refractivity contribution in [1.29, 1.82) is 0 Å². The Morgan fingerprint density at radius 2 is 1.13 bits per heavy atom. The minimum Gasteiger partial charge on any atom is -0.458 e. The summed E-state index contributed by atoms with van der Waals surface area (Å²) >= 11 is 0. The number of benzene rings is 3. The highest BCUT2D eigenvalue weighted by Crippen LogP contribution is 2.39. The quantitative estimate of drug-likeness (QED) is 0.133. The summed E-state index contributed by atoms with van der Waals surface area (Å²) in [5.41, 5.74) is 4.46. The third kappa shape index (κ3) is 9.56. The molecule has 1 atom stereocenters. The van der Waals surface area contributed by atoms with Crippen LogP contribution in [0.4, 0.5) is 0 Å². The molecule has 2 aliphatic rings. The number of ether oxygens (including phenoxy) is 2. The minimum atomic E-state index is -0.696. The van der Waals surface area contributed by atoms with Gasteiger partial charge >= 0.3 is 11.9 Å². The lowest BCUT2D eigenvalue weighted by atomic mass is 9.77. The summed E-state index contributed by atoms with van der Waals surface area (Å²) in [4.78, 5) is 26.3. The van der Waals surface area contributed by atoms with Gasteiger partial charge in [-0.15, -0.1) is 0 Å². The van der Waals surface area contributed by atoms with E-state index < -0.39 is 18.0 Å². The highest BCUT2D eigenvalue weighted by atomic mass is 16.6. The monoisotopic (exact) mass is 622 g/mol. The maximum Gasteiger partial charge on any atom is 0.338 e. The summed E-state index contributed by atoms with van der Waals surface area (Å²) in [5, 5.41) is 0. The zero-order chi connectivity index (χ0) is 32.1. The number of carbonyl (C=O) groups is 2. The first-order valence-corrected chi connectivity index (χ1v) is 18.2. The van der Waals surface area contributed by atoms with E-state index in [2.05, 4.69) is 38.1 Å². The van der Waals surface area contributed by atoms with Gasteiger partial charge in [-0.25, -0.2) is 9.59 Å². The van der Waals surface area contributed by atoms with Gasteiger partial charge in [0.2, 0.25) is 0 Å². The lowest BCUT2D eigenvalue weighted by Gasteiger charge is -2.29. The van der Waals surface area contributed by atoms with Gasteiger partial charge in [-0.3, -0.25) is 0 Å². The van der Waals surface area contributed by atoms with Crippen LogP contribution in [0.1, 0.15) is 159 Å². The van der Waals surface area contributed by atoms with E-state index in [1.54, 1.807) is 0 Å². The molecule has 0 aromatic heterocycles. The van der Waals surface area contributed by atoms with Gasteiger partial charge in [0.15, 0.2) is 6.10 Å². The van der Waals surface area contributed by atoms with E-state index in [0.29, 0.717) is 23.0 Å². The molecule has 0 aliphatic heterocycles. The Hall–Kier alpha value is -3.40. The molecular weight excluding hydrogens is 568 g/mol. The average Bonchev–Trinajstić information content (AvgIpc) is 3.11. The summed E-state index contributed by atoms with van der Waals surface area (Å²) in [6, 6.07) is 25.4. The molecule has 0 bridgehead atoms. The molecule has 2 fully saturated rings. The van der Waals surface area contributed by atoms with Crippen molar-refractivity contribution in [2.75, 3.05) is 6.61 Å². The Morgan fingerprint density at radius 1 is 0.609 bits per heavy atom. The van der Waals surface area contributed by atoms with Crippen LogP contribution < -0.4 is 0 Å². The van der Waals surface area contributed by atoms with E-state index in [-0.39, 0.29) is 6.61 Å². The van der Waals surface area contributed by atoms with Crippen LogP contribution in [-0.2, 0) is 9.47 Å². The molecule has 0 N–H and O–H groups in total. The molecule has 5 rings (SSSR count). The molecule has 0 radical (unpaired) electrons. The standard InChI is InChI=1S/C42H54O4/c1-3-5-7-11-32-16-20-34(21-17-32)36-24-28-39(29-25-36)42(44)46-40(37-12-8-6-9-13-37)30-45-41(43)38-26-22-35(23-27-38)33-18-14-31(10-4-2)15-19-33/h6,8-9,12-13,22-29,31-34,40H,3-5,7,10-11,14-21,30H2,1-2H3. The van der Waals surface area contributed by atoms with Gasteiger partial charge in [0.05, 0.1) is 11.1 Å². The lowest BCUT2D eigenvalue weighted by molar-refractivity contribution is -0.00134. The van der Waals surface area contributed by atoms with E-state index >= 15 is 0 Å². The molecular formula is C42H54O4. The molecule has 4 nitrogen and oxygen atoms in total. The molecule has 0 heterocycles. The van der Waals surface area contributed by atoms with Gasteiger partial charge in [0, 0.05) is 0 Å². The van der Waals surface area contributed by atoms with Crippen molar-refractivity contribution in [3.63, 3.8) is 0 Å². The van der Waals surface area contributed by atoms with Crippen LogP contribution in [0.5, 0.6) is 0 Å². The predicted molar refractivity (Wildman–Crippen MR) is 186 cm³/mol. The number of unbranched alkanes of at least 4 members (excludes halogenated alkanes) is 2. The van der Waals surface area contributed by atoms with E-state index in [0.717, 1.165) is 17.4 Å². The number of carbonyl (C=O) groups excluding carboxylic acids is 2. The van der Waals surface area contributed by atoms with Crippen LogP contribution in [0, 0.1) is 11.8 Å². The van der Waals surface area contributed by atoms with Crippen LogP contribution in [0.15, 0.2) is 78.9 Å². The number of hydrogen-bond donors (Lipinski definition) is 0. The fourth-order valence-electron chi connectivity index (χ4n) is 7.74. The smallest absolute Gasteiger partial charge is 0.338 e. The maximum atomic E-state index is 13.3. The molecule has 0 spiro atoms. The zero-order valence-corrected chi connectivity index (χ0v) is 28.1. The fourth-order valence-corrected chi connectivity index (χ4v) is 7.74. The van der Waals surface area contributed by atoms with Crippen molar-refractivity contribution in [1.82, 2.24) is 0 Å². The van der Waals surface area contributed by atoms with Crippen molar-refractivity contribution in [3.8, 4) is 0 Å². The Balaban J connectivity index is 1.14. The summed E-state index contributed by atoms with van der Waals surface area (Å²) in [5.74, 6) is 2.08. The Kier molecular flexibility index (Phi) is 12.9.